The average Bonchev–Trinajstić information content (AvgIpc) is 3.38. The summed E-state index contributed by atoms with van der Waals surface area (Å²) in [5, 5.41) is 0. The lowest BCUT2D eigenvalue weighted by molar-refractivity contribution is -0.108. The molecule has 0 fully saturated rings. The molecule has 0 N–H and O–H groups in total. The Morgan fingerprint density at radius 3 is 1.21 bits per heavy atom. The van der Waals surface area contributed by atoms with Crippen molar-refractivity contribution in [2.75, 3.05) is 6.61 Å². The van der Waals surface area contributed by atoms with E-state index in [9.17, 15) is 4.79 Å². The molecule has 0 radical (unpaired) electrons. The van der Waals surface area contributed by atoms with E-state index in [4.69, 9.17) is 4.74 Å². The summed E-state index contributed by atoms with van der Waals surface area (Å²) in [5.74, 6) is 0.928. The van der Waals surface area contributed by atoms with Gasteiger partial charge in [0, 0.05) is 27.9 Å². The van der Waals surface area contributed by atoms with E-state index in [0.29, 0.717) is 6.61 Å². The summed E-state index contributed by atoms with van der Waals surface area (Å²) in [5.41, 5.74) is 8.53. The molecule has 0 amide bonds. The number of allylic oxidation sites excluding steroid dienone is 4. The fourth-order valence-electron chi connectivity index (χ4n) is 5.08. The Hall–Kier alpha value is -5.47. The third kappa shape index (κ3) is 6.14. The maximum Gasteiger partial charge on any atom is 0.195 e. The van der Waals surface area contributed by atoms with Crippen molar-refractivity contribution in [1.82, 2.24) is 0 Å². The topological polar surface area (TPSA) is 26.3 Å². The summed E-state index contributed by atoms with van der Waals surface area (Å²) in [6.45, 7) is 7.81. The second kappa shape index (κ2) is 13.7. The first-order valence-electron chi connectivity index (χ1n) is 13.9. The summed E-state index contributed by atoms with van der Waals surface area (Å²) in [4.78, 5) is 14.0. The Kier molecular flexibility index (Phi) is 9.18. The molecular formula is C40H32O2. The average molecular weight is 545 g/mol. The Bertz CT molecular complexity index is 1630. The summed E-state index contributed by atoms with van der Waals surface area (Å²) < 4.78 is 5.39. The first-order chi connectivity index (χ1) is 20.7. The van der Waals surface area contributed by atoms with Gasteiger partial charge in [0.1, 0.15) is 12.4 Å². The molecule has 0 bridgehead atoms. The SMILES string of the molecule is C=CCOc1ccccc1C=C.O=C1C(c2ccccc2)=C(c2ccccc2)C(c2ccccc2)=C1c1ccccc1. The van der Waals surface area contributed by atoms with E-state index in [-0.39, 0.29) is 5.78 Å². The van der Waals surface area contributed by atoms with Crippen LogP contribution in [0.5, 0.6) is 5.75 Å². The molecule has 0 saturated carbocycles. The molecule has 204 valence electrons. The van der Waals surface area contributed by atoms with E-state index in [1.165, 1.54) is 0 Å². The van der Waals surface area contributed by atoms with Crippen LogP contribution in [0, 0.1) is 0 Å². The van der Waals surface area contributed by atoms with Gasteiger partial charge in [0.05, 0.1) is 0 Å². The summed E-state index contributed by atoms with van der Waals surface area (Å²) >= 11 is 0. The smallest absolute Gasteiger partial charge is 0.195 e. The maximum absolute atomic E-state index is 14.0. The van der Waals surface area contributed by atoms with Crippen molar-refractivity contribution >= 4 is 34.2 Å². The second-order valence-corrected chi connectivity index (χ2v) is 9.63. The minimum absolute atomic E-state index is 0.0742. The number of ether oxygens (including phenoxy) is 1. The van der Waals surface area contributed by atoms with Crippen LogP contribution in [0.1, 0.15) is 27.8 Å². The molecule has 5 aromatic rings. The van der Waals surface area contributed by atoms with Gasteiger partial charge in [-0.25, -0.2) is 0 Å². The summed E-state index contributed by atoms with van der Waals surface area (Å²) in [7, 11) is 0. The van der Waals surface area contributed by atoms with Crippen LogP contribution in [-0.4, -0.2) is 12.4 Å². The van der Waals surface area contributed by atoms with Gasteiger partial charge in [0.15, 0.2) is 5.78 Å². The molecule has 0 aliphatic heterocycles. The molecule has 1 aliphatic rings. The van der Waals surface area contributed by atoms with Crippen molar-refractivity contribution in [2.24, 2.45) is 0 Å². The van der Waals surface area contributed by atoms with Crippen LogP contribution in [0.2, 0.25) is 0 Å². The highest BCUT2D eigenvalue weighted by atomic mass is 16.5. The van der Waals surface area contributed by atoms with Crippen LogP contribution < -0.4 is 4.74 Å². The molecule has 42 heavy (non-hydrogen) atoms. The summed E-state index contributed by atoms with van der Waals surface area (Å²) in [6, 6.07) is 48.2. The van der Waals surface area contributed by atoms with Gasteiger partial charge < -0.3 is 4.74 Å². The first-order valence-corrected chi connectivity index (χ1v) is 13.9. The van der Waals surface area contributed by atoms with Gasteiger partial charge in [-0.05, 0) is 28.3 Å². The molecule has 0 unspecified atom stereocenters. The Morgan fingerprint density at radius 1 is 0.476 bits per heavy atom. The predicted octanol–water partition coefficient (Wildman–Crippen LogP) is 9.69. The van der Waals surface area contributed by atoms with Gasteiger partial charge in [-0.2, -0.15) is 0 Å². The number of carbonyl (C=O) groups excluding carboxylic acids is 1. The van der Waals surface area contributed by atoms with Gasteiger partial charge in [0.2, 0.25) is 0 Å². The fraction of sp³-hybridized carbons (Fsp3) is 0.0250. The number of carbonyl (C=O) groups is 1. The van der Waals surface area contributed by atoms with E-state index >= 15 is 0 Å². The highest BCUT2D eigenvalue weighted by Gasteiger charge is 2.35. The van der Waals surface area contributed by atoms with Gasteiger partial charge in [0.25, 0.3) is 0 Å². The number of rotatable bonds is 8. The number of hydrogen-bond donors (Lipinski definition) is 0. The lowest BCUT2D eigenvalue weighted by Crippen LogP contribution is -2.01. The van der Waals surface area contributed by atoms with E-state index in [0.717, 1.165) is 55.9 Å². The molecule has 0 aromatic heterocycles. The van der Waals surface area contributed by atoms with Crippen LogP contribution in [0.4, 0.5) is 0 Å². The minimum Gasteiger partial charge on any atom is -0.489 e. The maximum atomic E-state index is 14.0. The van der Waals surface area contributed by atoms with E-state index in [1.807, 2.05) is 121 Å². The van der Waals surface area contributed by atoms with E-state index in [2.05, 4.69) is 37.4 Å². The second-order valence-electron chi connectivity index (χ2n) is 9.63. The molecular weight excluding hydrogens is 512 g/mol. The standard InChI is InChI=1S/C29H20O.C11H12O/c30-29-27(23-17-9-3-10-18-23)25(21-13-5-1-6-14-21)26(22-15-7-2-8-16-22)28(29)24-19-11-4-12-20-24;1-3-9-12-11-8-6-5-7-10(11)4-2/h1-20H;3-8H,1-2,9H2. The highest BCUT2D eigenvalue weighted by Crippen LogP contribution is 2.49. The molecule has 0 atom stereocenters. The van der Waals surface area contributed by atoms with Gasteiger partial charge >= 0.3 is 0 Å². The van der Waals surface area contributed by atoms with Crippen molar-refractivity contribution in [2.45, 2.75) is 0 Å². The Balaban J connectivity index is 0.000000248. The Morgan fingerprint density at radius 2 is 0.833 bits per heavy atom. The largest absolute Gasteiger partial charge is 0.489 e. The number of hydrogen-bond acceptors (Lipinski definition) is 2. The van der Waals surface area contributed by atoms with E-state index < -0.39 is 0 Å². The van der Waals surface area contributed by atoms with Crippen LogP contribution in [-0.2, 0) is 4.79 Å². The molecule has 6 rings (SSSR count). The van der Waals surface area contributed by atoms with Gasteiger partial charge in [-0.3, -0.25) is 4.79 Å². The van der Waals surface area contributed by atoms with Crippen molar-refractivity contribution in [3.63, 3.8) is 0 Å². The molecule has 2 nitrogen and oxygen atoms in total. The lowest BCUT2D eigenvalue weighted by Gasteiger charge is -2.13. The summed E-state index contributed by atoms with van der Waals surface area (Å²) in [6.07, 6.45) is 3.50. The zero-order chi connectivity index (χ0) is 29.1. The normalized spacial score (nSPS) is 12.4. The third-order valence-electron chi connectivity index (χ3n) is 6.95. The molecule has 5 aromatic carbocycles. The van der Waals surface area contributed by atoms with Crippen LogP contribution >= 0.6 is 0 Å². The van der Waals surface area contributed by atoms with E-state index in [1.54, 1.807) is 12.2 Å². The van der Waals surface area contributed by atoms with Gasteiger partial charge in [-0.1, -0.05) is 165 Å². The monoisotopic (exact) mass is 544 g/mol. The third-order valence-corrected chi connectivity index (χ3v) is 6.95. The molecule has 0 saturated heterocycles. The number of ketones is 1. The molecule has 1 aliphatic carbocycles. The minimum atomic E-state index is 0.0742. The van der Waals surface area contributed by atoms with Crippen LogP contribution in [0.3, 0.4) is 0 Å². The Labute approximate surface area is 248 Å². The van der Waals surface area contributed by atoms with Crippen molar-refractivity contribution in [1.29, 1.82) is 0 Å². The molecule has 2 heteroatoms. The number of para-hydroxylation sites is 1. The predicted molar refractivity (Wildman–Crippen MR) is 177 cm³/mol. The number of benzene rings is 5. The van der Waals surface area contributed by atoms with Crippen molar-refractivity contribution < 1.29 is 9.53 Å². The first kappa shape index (κ1) is 28.1. The van der Waals surface area contributed by atoms with Gasteiger partial charge in [-0.15, -0.1) is 0 Å². The van der Waals surface area contributed by atoms with Crippen LogP contribution in [0.25, 0.3) is 28.4 Å². The fourth-order valence-corrected chi connectivity index (χ4v) is 5.08. The lowest BCUT2D eigenvalue weighted by atomic mass is 9.89. The zero-order valence-electron chi connectivity index (χ0n) is 23.4. The molecule has 0 heterocycles. The quantitative estimate of drug-likeness (QED) is 0.182. The zero-order valence-corrected chi connectivity index (χ0v) is 23.4. The molecule has 0 spiro atoms. The van der Waals surface area contributed by atoms with Crippen LogP contribution in [0.15, 0.2) is 165 Å². The van der Waals surface area contributed by atoms with Crippen molar-refractivity contribution in [3.05, 3.63) is 193 Å². The highest BCUT2D eigenvalue weighted by molar-refractivity contribution is 6.59. The number of Topliss-reactive ketones (excluding diaryl/α,β-unsaturated/α-hetero) is 1. The van der Waals surface area contributed by atoms with Crippen molar-refractivity contribution in [3.8, 4) is 5.75 Å².